The molecule has 0 aliphatic heterocycles. The largest absolute Gasteiger partial charge is 0.478 e. The molecule has 2 N–H and O–H groups in total. The lowest BCUT2D eigenvalue weighted by Gasteiger charge is -2.13. The van der Waals surface area contributed by atoms with Gasteiger partial charge in [0.25, 0.3) is 0 Å². The second-order valence-corrected chi connectivity index (χ2v) is 7.94. The van der Waals surface area contributed by atoms with Crippen LogP contribution >= 0.6 is 24.0 Å². The first-order valence-electron chi connectivity index (χ1n) is 8.74. The van der Waals surface area contributed by atoms with Crippen molar-refractivity contribution in [1.29, 1.82) is 0 Å². The summed E-state index contributed by atoms with van der Waals surface area (Å²) in [6.07, 6.45) is 3.66. The summed E-state index contributed by atoms with van der Waals surface area (Å²) in [7, 11) is -1.45. The van der Waals surface area contributed by atoms with E-state index in [0.717, 1.165) is 17.5 Å². The van der Waals surface area contributed by atoms with Crippen molar-refractivity contribution in [3.05, 3.63) is 53.7 Å². The smallest absolute Gasteiger partial charge is 0.218 e. The molecule has 0 saturated heterocycles. The number of rotatable bonds is 8. The average Bonchev–Trinajstić information content (AvgIpc) is 2.65. The number of halogens is 1. The molecule has 0 amide bonds. The van der Waals surface area contributed by atoms with E-state index >= 15 is 0 Å². The van der Waals surface area contributed by atoms with Gasteiger partial charge in [-0.15, -0.1) is 24.0 Å². The van der Waals surface area contributed by atoms with Crippen molar-refractivity contribution in [3.8, 4) is 5.88 Å². The van der Waals surface area contributed by atoms with Gasteiger partial charge in [-0.2, -0.15) is 0 Å². The van der Waals surface area contributed by atoms with Gasteiger partial charge >= 0.3 is 0 Å². The number of hydrogen-bond acceptors (Lipinski definition) is 5. The van der Waals surface area contributed by atoms with Gasteiger partial charge in [0.2, 0.25) is 5.88 Å². The molecule has 9 heteroatoms. The van der Waals surface area contributed by atoms with Crippen molar-refractivity contribution in [3.63, 3.8) is 0 Å². The number of aliphatic imine (C=N–C) groups is 1. The van der Waals surface area contributed by atoms with Crippen LogP contribution in [0.3, 0.4) is 0 Å². The van der Waals surface area contributed by atoms with E-state index in [1.165, 1.54) is 6.26 Å². The van der Waals surface area contributed by atoms with Gasteiger partial charge in [-0.25, -0.2) is 13.4 Å². The quantitative estimate of drug-likeness (QED) is 0.317. The molecule has 154 valence electrons. The van der Waals surface area contributed by atoms with Crippen LogP contribution < -0.4 is 15.4 Å². The van der Waals surface area contributed by atoms with E-state index < -0.39 is 9.84 Å². The Bertz CT molecular complexity index is 871. The number of guanidine groups is 1. The third kappa shape index (κ3) is 7.63. The van der Waals surface area contributed by atoms with E-state index in [4.69, 9.17) is 4.74 Å². The number of aromatic nitrogens is 1. The molecule has 2 aromatic rings. The van der Waals surface area contributed by atoms with Gasteiger partial charge in [0.1, 0.15) is 0 Å². The Morgan fingerprint density at radius 2 is 1.89 bits per heavy atom. The topological polar surface area (TPSA) is 92.7 Å². The molecule has 0 atom stereocenters. The SMILES string of the molecule is CCOc1ncccc1CNC(=NC)NCCc1ccc(S(C)(=O)=O)cc1.I. The number of nitrogens with zero attached hydrogens (tertiary/aromatic N) is 2. The van der Waals surface area contributed by atoms with Crippen molar-refractivity contribution < 1.29 is 13.2 Å². The van der Waals surface area contributed by atoms with Crippen LogP contribution in [0.4, 0.5) is 0 Å². The first-order valence-corrected chi connectivity index (χ1v) is 10.6. The zero-order valence-electron chi connectivity index (χ0n) is 16.3. The maximum absolute atomic E-state index is 11.5. The van der Waals surface area contributed by atoms with Crippen LogP contribution in [0.5, 0.6) is 5.88 Å². The maximum Gasteiger partial charge on any atom is 0.218 e. The summed E-state index contributed by atoms with van der Waals surface area (Å²) in [5.74, 6) is 1.29. The Morgan fingerprint density at radius 1 is 1.18 bits per heavy atom. The molecule has 0 radical (unpaired) electrons. The van der Waals surface area contributed by atoms with Gasteiger partial charge in [-0.3, -0.25) is 4.99 Å². The monoisotopic (exact) mass is 518 g/mol. The van der Waals surface area contributed by atoms with Crippen molar-refractivity contribution in [2.24, 2.45) is 4.99 Å². The molecule has 1 aromatic heterocycles. The summed E-state index contributed by atoms with van der Waals surface area (Å²) >= 11 is 0. The highest BCUT2D eigenvalue weighted by molar-refractivity contribution is 14.0. The van der Waals surface area contributed by atoms with Gasteiger partial charge in [-0.1, -0.05) is 18.2 Å². The second kappa shape index (κ2) is 11.8. The Balaban J connectivity index is 0.00000392. The lowest BCUT2D eigenvalue weighted by molar-refractivity contribution is 0.322. The molecule has 1 heterocycles. The molecule has 0 saturated carbocycles. The summed E-state index contributed by atoms with van der Waals surface area (Å²) in [4.78, 5) is 8.77. The van der Waals surface area contributed by atoms with Gasteiger partial charge in [0.05, 0.1) is 11.5 Å². The zero-order chi connectivity index (χ0) is 19.7. The molecule has 0 unspecified atom stereocenters. The zero-order valence-corrected chi connectivity index (χ0v) is 19.5. The van der Waals surface area contributed by atoms with Crippen molar-refractivity contribution >= 4 is 39.8 Å². The third-order valence-electron chi connectivity index (χ3n) is 3.86. The standard InChI is InChI=1S/C19H26N4O3S.HI/c1-4-26-18-16(6-5-12-21-18)14-23-19(20-2)22-13-11-15-7-9-17(10-8-15)27(3,24)25;/h5-10,12H,4,11,13-14H2,1-3H3,(H2,20,22,23);1H. The predicted molar refractivity (Wildman–Crippen MR) is 122 cm³/mol. The fraction of sp³-hybridized carbons (Fsp3) is 0.368. The van der Waals surface area contributed by atoms with Crippen LogP contribution in [0.15, 0.2) is 52.5 Å². The fourth-order valence-corrected chi connectivity index (χ4v) is 3.08. The third-order valence-corrected chi connectivity index (χ3v) is 4.99. The van der Waals surface area contributed by atoms with Crippen LogP contribution in [0.1, 0.15) is 18.1 Å². The maximum atomic E-state index is 11.5. The number of benzene rings is 1. The minimum atomic E-state index is -3.16. The molecule has 0 bridgehead atoms. The summed E-state index contributed by atoms with van der Waals surface area (Å²) in [5.41, 5.74) is 2.01. The number of nitrogens with one attached hydrogen (secondary N) is 2. The molecule has 0 aliphatic rings. The molecule has 0 fully saturated rings. The van der Waals surface area contributed by atoms with E-state index in [1.54, 1.807) is 25.4 Å². The van der Waals surface area contributed by atoms with Crippen molar-refractivity contribution in [1.82, 2.24) is 15.6 Å². The Kier molecular flexibility index (Phi) is 10.2. The van der Waals surface area contributed by atoms with Crippen LogP contribution in [0, 0.1) is 0 Å². The van der Waals surface area contributed by atoms with Gasteiger partial charge in [-0.05, 0) is 37.1 Å². The summed E-state index contributed by atoms with van der Waals surface area (Å²) in [5, 5.41) is 6.48. The minimum absolute atomic E-state index is 0. The molecule has 7 nitrogen and oxygen atoms in total. The van der Waals surface area contributed by atoms with Crippen LogP contribution in [0.2, 0.25) is 0 Å². The first kappa shape index (κ1) is 24.2. The normalized spacial score (nSPS) is 11.5. The Labute approximate surface area is 184 Å². The molecular weight excluding hydrogens is 491 g/mol. The van der Waals surface area contributed by atoms with Crippen molar-refractivity contribution in [2.45, 2.75) is 24.8 Å². The Hall–Kier alpha value is -1.88. The average molecular weight is 518 g/mol. The number of sulfone groups is 1. The highest BCUT2D eigenvalue weighted by Crippen LogP contribution is 2.13. The number of pyridine rings is 1. The fourth-order valence-electron chi connectivity index (χ4n) is 2.45. The lowest BCUT2D eigenvalue weighted by atomic mass is 10.1. The molecule has 2 rings (SSSR count). The van der Waals surface area contributed by atoms with Crippen LogP contribution in [-0.2, 0) is 22.8 Å². The summed E-state index contributed by atoms with van der Waals surface area (Å²) in [6.45, 7) is 3.71. The molecule has 1 aromatic carbocycles. The Morgan fingerprint density at radius 3 is 2.50 bits per heavy atom. The number of ether oxygens (including phenoxy) is 1. The van der Waals surface area contributed by atoms with Crippen molar-refractivity contribution in [2.75, 3.05) is 26.5 Å². The van der Waals surface area contributed by atoms with Gasteiger partial charge < -0.3 is 15.4 Å². The molecule has 0 aliphatic carbocycles. The van der Waals surface area contributed by atoms with Gasteiger partial charge in [0, 0.05) is 38.2 Å². The van der Waals surface area contributed by atoms with E-state index in [9.17, 15) is 8.42 Å². The first-order chi connectivity index (χ1) is 12.9. The summed E-state index contributed by atoms with van der Waals surface area (Å²) < 4.78 is 28.5. The minimum Gasteiger partial charge on any atom is -0.478 e. The lowest BCUT2D eigenvalue weighted by Crippen LogP contribution is -2.38. The van der Waals surface area contributed by atoms with Crippen LogP contribution in [-0.4, -0.2) is 45.8 Å². The predicted octanol–water partition coefficient (Wildman–Crippen LogP) is 2.41. The second-order valence-electron chi connectivity index (χ2n) is 5.92. The highest BCUT2D eigenvalue weighted by atomic mass is 127. The molecule has 0 spiro atoms. The van der Waals surface area contributed by atoms with E-state index in [1.807, 2.05) is 31.2 Å². The number of hydrogen-bond donors (Lipinski definition) is 2. The highest BCUT2D eigenvalue weighted by Gasteiger charge is 2.07. The molecular formula is C19H27IN4O3S. The summed E-state index contributed by atoms with van der Waals surface area (Å²) in [6, 6.07) is 10.8. The van der Waals surface area contributed by atoms with E-state index in [0.29, 0.717) is 36.4 Å². The molecule has 28 heavy (non-hydrogen) atoms. The van der Waals surface area contributed by atoms with E-state index in [-0.39, 0.29) is 24.0 Å². The van der Waals surface area contributed by atoms with Gasteiger partial charge in [0.15, 0.2) is 15.8 Å². The van der Waals surface area contributed by atoms with Crippen LogP contribution in [0.25, 0.3) is 0 Å². The van der Waals surface area contributed by atoms with E-state index in [2.05, 4.69) is 20.6 Å².